The monoisotopic (exact) mass is 368 g/mol. The predicted octanol–water partition coefficient (Wildman–Crippen LogP) is 3.24. The van der Waals surface area contributed by atoms with Crippen LogP contribution in [0.1, 0.15) is 50.1 Å². The molecule has 0 aliphatic heterocycles. The molecule has 7 heteroatoms. The molecular formula is C20H24N4O3. The van der Waals surface area contributed by atoms with Crippen LogP contribution in [0.4, 0.5) is 5.82 Å². The molecule has 0 spiro atoms. The van der Waals surface area contributed by atoms with Gasteiger partial charge in [-0.25, -0.2) is 4.79 Å². The average molecular weight is 368 g/mol. The first-order valence-electron chi connectivity index (χ1n) is 9.45. The van der Waals surface area contributed by atoms with Crippen molar-refractivity contribution >= 4 is 11.8 Å². The van der Waals surface area contributed by atoms with Gasteiger partial charge in [0.1, 0.15) is 5.82 Å². The SMILES string of the molecule is COC1(C(=O)O)CCC(Nc2ccc(-c3cccnc3C3CC3)nn2)CC1. The maximum atomic E-state index is 11.5. The number of carboxylic acids is 1. The summed E-state index contributed by atoms with van der Waals surface area (Å²) in [5.74, 6) is 0.384. The van der Waals surface area contributed by atoms with Gasteiger partial charge in [-0.2, -0.15) is 0 Å². The van der Waals surface area contributed by atoms with Crippen molar-refractivity contribution < 1.29 is 14.6 Å². The molecule has 0 radical (unpaired) electrons. The van der Waals surface area contributed by atoms with Gasteiger partial charge in [0.15, 0.2) is 5.60 Å². The molecule has 0 saturated heterocycles. The second-order valence-corrected chi connectivity index (χ2v) is 7.44. The molecular weight excluding hydrogens is 344 g/mol. The minimum atomic E-state index is -1.05. The summed E-state index contributed by atoms with van der Waals surface area (Å²) in [6, 6.07) is 8.06. The zero-order chi connectivity index (χ0) is 18.9. The zero-order valence-corrected chi connectivity index (χ0v) is 15.4. The summed E-state index contributed by atoms with van der Waals surface area (Å²) in [5, 5.41) is 21.5. The summed E-state index contributed by atoms with van der Waals surface area (Å²) < 4.78 is 5.28. The highest BCUT2D eigenvalue weighted by Crippen LogP contribution is 2.42. The number of aliphatic carboxylic acids is 1. The molecule has 0 unspecified atom stereocenters. The number of anilines is 1. The van der Waals surface area contributed by atoms with E-state index >= 15 is 0 Å². The summed E-state index contributed by atoms with van der Waals surface area (Å²) in [4.78, 5) is 16.0. The highest BCUT2D eigenvalue weighted by atomic mass is 16.5. The minimum Gasteiger partial charge on any atom is -0.479 e. The van der Waals surface area contributed by atoms with Crippen molar-refractivity contribution in [1.29, 1.82) is 0 Å². The van der Waals surface area contributed by atoms with E-state index in [1.807, 2.05) is 24.4 Å². The Labute approximate surface area is 158 Å². The second kappa shape index (κ2) is 7.23. The number of ether oxygens (including phenoxy) is 1. The topological polar surface area (TPSA) is 97.2 Å². The van der Waals surface area contributed by atoms with E-state index in [9.17, 15) is 9.90 Å². The third-order valence-corrected chi connectivity index (χ3v) is 5.67. The number of nitrogens with one attached hydrogen (secondary N) is 1. The molecule has 2 aliphatic carbocycles. The predicted molar refractivity (Wildman–Crippen MR) is 100 cm³/mol. The molecule has 0 atom stereocenters. The highest BCUT2D eigenvalue weighted by molar-refractivity contribution is 5.77. The first-order valence-corrected chi connectivity index (χ1v) is 9.45. The molecule has 2 N–H and O–H groups in total. The van der Waals surface area contributed by atoms with Gasteiger partial charge in [0, 0.05) is 30.8 Å². The average Bonchev–Trinajstić information content (AvgIpc) is 3.54. The molecule has 7 nitrogen and oxygen atoms in total. The Kier molecular flexibility index (Phi) is 4.78. The van der Waals surface area contributed by atoms with Gasteiger partial charge in [0.05, 0.1) is 11.4 Å². The van der Waals surface area contributed by atoms with Gasteiger partial charge in [0.2, 0.25) is 0 Å². The van der Waals surface area contributed by atoms with Crippen LogP contribution in [0.2, 0.25) is 0 Å². The van der Waals surface area contributed by atoms with E-state index in [-0.39, 0.29) is 6.04 Å². The molecule has 2 heterocycles. The molecule has 0 amide bonds. The molecule has 2 aromatic rings. The van der Waals surface area contributed by atoms with Crippen LogP contribution in [0.3, 0.4) is 0 Å². The van der Waals surface area contributed by atoms with Crippen LogP contribution in [0.15, 0.2) is 30.5 Å². The van der Waals surface area contributed by atoms with Gasteiger partial charge in [0.25, 0.3) is 0 Å². The van der Waals surface area contributed by atoms with Crippen molar-refractivity contribution in [2.45, 2.75) is 56.1 Å². The lowest BCUT2D eigenvalue weighted by Crippen LogP contribution is -2.46. The number of carboxylic acid groups (broad SMARTS) is 1. The highest BCUT2D eigenvalue weighted by Gasteiger charge is 2.42. The van der Waals surface area contributed by atoms with Gasteiger partial charge in [-0.15, -0.1) is 10.2 Å². The van der Waals surface area contributed by atoms with Gasteiger partial charge < -0.3 is 15.2 Å². The first kappa shape index (κ1) is 17.9. The summed E-state index contributed by atoms with van der Waals surface area (Å²) in [6.45, 7) is 0. The Hall–Kier alpha value is -2.54. The van der Waals surface area contributed by atoms with Crippen molar-refractivity contribution in [3.05, 3.63) is 36.2 Å². The number of nitrogens with zero attached hydrogens (tertiary/aromatic N) is 3. The van der Waals surface area contributed by atoms with Crippen LogP contribution in [-0.2, 0) is 9.53 Å². The summed E-state index contributed by atoms with van der Waals surface area (Å²) in [7, 11) is 1.47. The second-order valence-electron chi connectivity index (χ2n) is 7.44. The molecule has 2 aromatic heterocycles. The molecule has 2 fully saturated rings. The number of aromatic nitrogens is 3. The molecule has 142 valence electrons. The Morgan fingerprint density at radius 3 is 2.56 bits per heavy atom. The normalized spacial score (nSPS) is 25.1. The number of hydrogen-bond acceptors (Lipinski definition) is 6. The summed E-state index contributed by atoms with van der Waals surface area (Å²) in [5.41, 5.74) is 1.96. The number of pyridine rings is 1. The van der Waals surface area contributed by atoms with Gasteiger partial charge in [-0.3, -0.25) is 4.98 Å². The number of hydrogen-bond donors (Lipinski definition) is 2. The van der Waals surface area contributed by atoms with Crippen molar-refractivity contribution in [1.82, 2.24) is 15.2 Å². The van der Waals surface area contributed by atoms with Crippen LogP contribution >= 0.6 is 0 Å². The van der Waals surface area contributed by atoms with E-state index in [2.05, 4.69) is 26.6 Å². The van der Waals surface area contributed by atoms with E-state index in [0.717, 1.165) is 29.8 Å². The van der Waals surface area contributed by atoms with Crippen LogP contribution < -0.4 is 5.32 Å². The summed E-state index contributed by atoms with van der Waals surface area (Å²) in [6.07, 6.45) is 6.64. The van der Waals surface area contributed by atoms with E-state index in [1.54, 1.807) is 0 Å². The molecule has 4 rings (SSSR count). The van der Waals surface area contributed by atoms with Crippen LogP contribution in [0.25, 0.3) is 11.3 Å². The molecule has 27 heavy (non-hydrogen) atoms. The molecule has 0 aromatic carbocycles. The van der Waals surface area contributed by atoms with E-state index in [0.29, 0.717) is 24.6 Å². The third-order valence-electron chi connectivity index (χ3n) is 5.67. The maximum Gasteiger partial charge on any atom is 0.335 e. The lowest BCUT2D eigenvalue weighted by Gasteiger charge is -2.35. The van der Waals surface area contributed by atoms with Crippen molar-refractivity contribution in [2.75, 3.05) is 12.4 Å². The van der Waals surface area contributed by atoms with E-state index < -0.39 is 11.6 Å². The van der Waals surface area contributed by atoms with Gasteiger partial charge in [-0.05, 0) is 62.8 Å². The van der Waals surface area contributed by atoms with E-state index in [4.69, 9.17) is 4.74 Å². The number of carbonyl (C=O) groups is 1. The molecule has 0 bridgehead atoms. The van der Waals surface area contributed by atoms with E-state index in [1.165, 1.54) is 20.0 Å². The number of methoxy groups -OCH3 is 1. The quantitative estimate of drug-likeness (QED) is 0.808. The summed E-state index contributed by atoms with van der Waals surface area (Å²) >= 11 is 0. The fraction of sp³-hybridized carbons (Fsp3) is 0.500. The Bertz CT molecular complexity index is 812. The molecule has 2 saturated carbocycles. The van der Waals surface area contributed by atoms with Crippen LogP contribution in [0, 0.1) is 0 Å². The fourth-order valence-electron chi connectivity index (χ4n) is 3.81. The fourth-order valence-corrected chi connectivity index (χ4v) is 3.81. The maximum absolute atomic E-state index is 11.5. The van der Waals surface area contributed by atoms with Crippen LogP contribution in [0.5, 0.6) is 0 Å². The van der Waals surface area contributed by atoms with Gasteiger partial charge >= 0.3 is 5.97 Å². The largest absolute Gasteiger partial charge is 0.479 e. The Balaban J connectivity index is 1.42. The first-order chi connectivity index (χ1) is 13.1. The van der Waals surface area contributed by atoms with Crippen molar-refractivity contribution in [2.24, 2.45) is 0 Å². The lowest BCUT2D eigenvalue weighted by molar-refractivity contribution is -0.166. The smallest absolute Gasteiger partial charge is 0.335 e. The zero-order valence-electron chi connectivity index (χ0n) is 15.4. The lowest BCUT2D eigenvalue weighted by atomic mass is 9.82. The third kappa shape index (κ3) is 3.64. The number of rotatable bonds is 6. The van der Waals surface area contributed by atoms with Crippen molar-refractivity contribution in [3.8, 4) is 11.3 Å². The Morgan fingerprint density at radius 2 is 1.96 bits per heavy atom. The van der Waals surface area contributed by atoms with Crippen LogP contribution in [-0.4, -0.2) is 45.0 Å². The molecule has 2 aliphatic rings. The Morgan fingerprint density at radius 1 is 1.19 bits per heavy atom. The minimum absolute atomic E-state index is 0.174. The standard InChI is InChI=1S/C20H24N4O3/c1-27-20(19(25)26)10-8-14(9-11-20)22-17-7-6-16(23-24-17)15-3-2-12-21-18(15)13-4-5-13/h2-3,6-7,12-14H,4-5,8-11H2,1H3,(H,22,24)(H,25,26). The van der Waals surface area contributed by atoms with Crippen molar-refractivity contribution in [3.63, 3.8) is 0 Å². The van der Waals surface area contributed by atoms with Gasteiger partial charge in [-0.1, -0.05) is 0 Å².